The molecule has 1 aromatic rings. The minimum absolute atomic E-state index is 0.523. The Bertz CT molecular complexity index is 352. The first kappa shape index (κ1) is 16.8. The summed E-state index contributed by atoms with van der Waals surface area (Å²) in [5.74, 6) is 1.14. The van der Waals surface area contributed by atoms with Gasteiger partial charge in [-0.15, -0.1) is 0 Å². The Labute approximate surface area is 132 Å². The Kier molecular flexibility index (Phi) is 8.82. The van der Waals surface area contributed by atoms with Gasteiger partial charge >= 0.3 is 0 Å². The van der Waals surface area contributed by atoms with Crippen LogP contribution in [0.3, 0.4) is 0 Å². The van der Waals surface area contributed by atoms with Crippen molar-refractivity contribution in [2.45, 2.75) is 11.9 Å². The smallest absolute Gasteiger partial charge is 0.0717 e. The molecule has 1 fully saturated rings. The van der Waals surface area contributed by atoms with Gasteiger partial charge in [-0.1, -0.05) is 30.3 Å². The maximum absolute atomic E-state index is 5.89. The Hall–Kier alpha value is -0.590. The second-order valence-corrected chi connectivity index (χ2v) is 6.61. The normalized spacial score (nSPS) is 22.2. The van der Waals surface area contributed by atoms with Crippen LogP contribution < -0.4 is 16.0 Å². The lowest BCUT2D eigenvalue weighted by Gasteiger charge is -2.19. The highest BCUT2D eigenvalue weighted by molar-refractivity contribution is 8.00. The summed E-state index contributed by atoms with van der Waals surface area (Å²) in [7, 11) is 0. The maximum atomic E-state index is 5.89. The Morgan fingerprint density at radius 3 is 2.48 bits per heavy atom. The molecule has 1 heterocycles. The van der Waals surface area contributed by atoms with Crippen molar-refractivity contribution in [3.63, 3.8) is 0 Å². The fourth-order valence-corrected chi connectivity index (χ4v) is 3.24. The fraction of sp³-hybridized carbons (Fsp3) is 0.625. The SMILES string of the molecule is c1ccc(COCC2CNCCNCCNCCS2)cc1. The summed E-state index contributed by atoms with van der Waals surface area (Å²) in [4.78, 5) is 0. The minimum Gasteiger partial charge on any atom is -0.376 e. The second kappa shape index (κ2) is 11.0. The number of ether oxygens (including phenoxy) is 1. The zero-order valence-electron chi connectivity index (χ0n) is 12.6. The summed E-state index contributed by atoms with van der Waals surface area (Å²) in [5.41, 5.74) is 1.24. The van der Waals surface area contributed by atoms with E-state index in [9.17, 15) is 0 Å². The summed E-state index contributed by atoms with van der Waals surface area (Å²) in [6.07, 6.45) is 0. The van der Waals surface area contributed by atoms with Crippen molar-refractivity contribution in [2.24, 2.45) is 0 Å². The van der Waals surface area contributed by atoms with Crippen molar-refractivity contribution in [3.8, 4) is 0 Å². The second-order valence-electron chi connectivity index (χ2n) is 5.20. The molecule has 5 heteroatoms. The summed E-state index contributed by atoms with van der Waals surface area (Å²) < 4.78 is 5.89. The molecule has 0 saturated carbocycles. The third-order valence-electron chi connectivity index (χ3n) is 3.38. The van der Waals surface area contributed by atoms with Crippen LogP contribution in [0.5, 0.6) is 0 Å². The molecule has 1 atom stereocenters. The summed E-state index contributed by atoms with van der Waals surface area (Å²) in [6, 6.07) is 10.4. The van der Waals surface area contributed by atoms with Crippen molar-refractivity contribution in [3.05, 3.63) is 35.9 Å². The molecule has 1 aliphatic heterocycles. The number of thioether (sulfide) groups is 1. The first-order chi connectivity index (χ1) is 10.4. The van der Waals surface area contributed by atoms with Gasteiger partial charge in [0.1, 0.15) is 0 Å². The molecule has 3 N–H and O–H groups in total. The van der Waals surface area contributed by atoms with E-state index in [4.69, 9.17) is 4.74 Å². The molecule has 118 valence electrons. The first-order valence-corrected chi connectivity index (χ1v) is 8.85. The summed E-state index contributed by atoms with van der Waals surface area (Å²) in [5, 5.41) is 10.9. The van der Waals surface area contributed by atoms with Gasteiger partial charge in [-0.25, -0.2) is 0 Å². The van der Waals surface area contributed by atoms with Crippen LogP contribution in [0, 0.1) is 0 Å². The third kappa shape index (κ3) is 7.83. The summed E-state index contributed by atoms with van der Waals surface area (Å²) >= 11 is 2.00. The van der Waals surface area contributed by atoms with E-state index in [0.29, 0.717) is 11.9 Å². The van der Waals surface area contributed by atoms with Gasteiger partial charge in [-0.05, 0) is 5.56 Å². The van der Waals surface area contributed by atoms with Gasteiger partial charge in [0.15, 0.2) is 0 Å². The molecule has 1 saturated heterocycles. The van der Waals surface area contributed by atoms with Crippen LogP contribution in [0.25, 0.3) is 0 Å². The molecule has 0 bridgehead atoms. The van der Waals surface area contributed by atoms with Crippen LogP contribution in [-0.4, -0.2) is 56.9 Å². The molecule has 1 aliphatic rings. The molecule has 0 radical (unpaired) electrons. The van der Waals surface area contributed by atoms with Crippen LogP contribution in [-0.2, 0) is 11.3 Å². The highest BCUT2D eigenvalue weighted by Crippen LogP contribution is 2.11. The third-order valence-corrected chi connectivity index (χ3v) is 4.59. The monoisotopic (exact) mass is 309 g/mol. The van der Waals surface area contributed by atoms with E-state index >= 15 is 0 Å². The summed E-state index contributed by atoms with van der Waals surface area (Å²) in [6.45, 7) is 7.76. The zero-order chi connectivity index (χ0) is 14.6. The van der Waals surface area contributed by atoms with Crippen LogP contribution in [0.2, 0.25) is 0 Å². The lowest BCUT2D eigenvalue weighted by Crippen LogP contribution is -2.37. The van der Waals surface area contributed by atoms with Crippen LogP contribution >= 0.6 is 11.8 Å². The van der Waals surface area contributed by atoms with E-state index in [1.165, 1.54) is 5.56 Å². The Morgan fingerprint density at radius 2 is 1.67 bits per heavy atom. The fourth-order valence-electron chi connectivity index (χ4n) is 2.21. The predicted octanol–water partition coefficient (Wildman–Crippen LogP) is 1.09. The van der Waals surface area contributed by atoms with Gasteiger partial charge in [0, 0.05) is 50.3 Å². The molecule has 4 nitrogen and oxygen atoms in total. The average Bonchev–Trinajstić information content (AvgIpc) is 2.51. The Balaban J connectivity index is 1.67. The van der Waals surface area contributed by atoms with E-state index in [1.807, 2.05) is 17.8 Å². The van der Waals surface area contributed by atoms with Gasteiger partial charge in [0.2, 0.25) is 0 Å². The van der Waals surface area contributed by atoms with E-state index in [2.05, 4.69) is 40.2 Å². The molecule has 0 amide bonds. The molecule has 1 unspecified atom stereocenters. The average molecular weight is 309 g/mol. The Morgan fingerprint density at radius 1 is 0.952 bits per heavy atom. The number of nitrogens with one attached hydrogen (secondary N) is 3. The van der Waals surface area contributed by atoms with Crippen molar-refractivity contribution < 1.29 is 4.74 Å². The molecule has 0 aliphatic carbocycles. The van der Waals surface area contributed by atoms with Crippen molar-refractivity contribution in [2.75, 3.05) is 51.6 Å². The lowest BCUT2D eigenvalue weighted by molar-refractivity contribution is 0.121. The van der Waals surface area contributed by atoms with Crippen LogP contribution in [0.15, 0.2) is 30.3 Å². The van der Waals surface area contributed by atoms with Crippen molar-refractivity contribution in [1.82, 2.24) is 16.0 Å². The maximum Gasteiger partial charge on any atom is 0.0717 e. The van der Waals surface area contributed by atoms with Gasteiger partial charge in [-0.2, -0.15) is 11.8 Å². The topological polar surface area (TPSA) is 45.3 Å². The van der Waals surface area contributed by atoms with Gasteiger partial charge in [-0.3, -0.25) is 0 Å². The number of benzene rings is 1. The van der Waals surface area contributed by atoms with Gasteiger partial charge in [0.05, 0.1) is 13.2 Å². The van der Waals surface area contributed by atoms with E-state index in [1.54, 1.807) is 0 Å². The zero-order valence-corrected chi connectivity index (χ0v) is 13.5. The minimum atomic E-state index is 0.523. The van der Waals surface area contributed by atoms with Crippen LogP contribution in [0.1, 0.15) is 5.56 Å². The van der Waals surface area contributed by atoms with E-state index in [0.717, 1.165) is 51.6 Å². The predicted molar refractivity (Wildman–Crippen MR) is 91.0 cm³/mol. The molecular weight excluding hydrogens is 282 g/mol. The van der Waals surface area contributed by atoms with Crippen LogP contribution in [0.4, 0.5) is 0 Å². The van der Waals surface area contributed by atoms with E-state index < -0.39 is 0 Å². The molecule has 1 aromatic carbocycles. The molecule has 0 aromatic heterocycles. The molecule has 2 rings (SSSR count). The van der Waals surface area contributed by atoms with Gasteiger partial charge in [0.25, 0.3) is 0 Å². The van der Waals surface area contributed by atoms with Crippen molar-refractivity contribution >= 4 is 11.8 Å². The molecule has 0 spiro atoms. The van der Waals surface area contributed by atoms with E-state index in [-0.39, 0.29) is 0 Å². The van der Waals surface area contributed by atoms with Crippen molar-refractivity contribution in [1.29, 1.82) is 0 Å². The van der Waals surface area contributed by atoms with Gasteiger partial charge < -0.3 is 20.7 Å². The highest BCUT2D eigenvalue weighted by atomic mass is 32.2. The lowest BCUT2D eigenvalue weighted by atomic mass is 10.2. The first-order valence-electron chi connectivity index (χ1n) is 7.80. The number of rotatable bonds is 4. The molecular formula is C16H27N3OS. The largest absolute Gasteiger partial charge is 0.376 e. The highest BCUT2D eigenvalue weighted by Gasteiger charge is 2.10. The standard InChI is InChI=1S/C16H27N3OS/c1-2-4-15(5-3-1)13-20-14-16-12-19-9-8-17-6-7-18-10-11-21-16/h1-5,16-19H,6-14H2. The molecule has 21 heavy (non-hydrogen) atoms. The number of hydrogen-bond donors (Lipinski definition) is 3. The number of hydrogen-bond acceptors (Lipinski definition) is 5. The quantitative estimate of drug-likeness (QED) is 0.777.